The van der Waals surface area contributed by atoms with E-state index < -0.39 is 0 Å². The average Bonchev–Trinajstić information content (AvgIpc) is 2.83. The molecule has 0 spiro atoms. The van der Waals surface area contributed by atoms with Crippen molar-refractivity contribution in [2.24, 2.45) is 7.05 Å². The first-order valence-corrected chi connectivity index (χ1v) is 5.95. The summed E-state index contributed by atoms with van der Waals surface area (Å²) in [6.45, 7) is 0.470. The summed E-state index contributed by atoms with van der Waals surface area (Å²) in [7, 11) is 5.28. The Kier molecular flexibility index (Phi) is 3.79. The molecule has 19 heavy (non-hydrogen) atoms. The summed E-state index contributed by atoms with van der Waals surface area (Å²) in [4.78, 5) is 17.3. The number of hydrogen-bond acceptors (Lipinski definition) is 3. The van der Waals surface area contributed by atoms with Gasteiger partial charge in [0.1, 0.15) is 0 Å². The van der Waals surface area contributed by atoms with Gasteiger partial charge in [-0.05, 0) is 11.6 Å². The fourth-order valence-corrected chi connectivity index (χ4v) is 1.59. The molecule has 2 aromatic heterocycles. The lowest BCUT2D eigenvalue weighted by Crippen LogP contribution is -2.33. The Morgan fingerprint density at radius 1 is 1.37 bits per heavy atom. The Balaban J connectivity index is 2.01. The number of aryl methyl sites for hydroxylation is 1. The fourth-order valence-electron chi connectivity index (χ4n) is 1.59. The fraction of sp³-hybridized carbons (Fsp3) is 0.308. The summed E-state index contributed by atoms with van der Waals surface area (Å²) >= 11 is 0. The molecule has 0 saturated heterocycles. The second-order valence-corrected chi connectivity index (χ2v) is 4.51. The van der Waals surface area contributed by atoms with Crippen LogP contribution in [0.25, 0.3) is 11.3 Å². The monoisotopic (exact) mass is 259 g/mol. The molecule has 6 heteroatoms. The van der Waals surface area contributed by atoms with E-state index in [1.54, 1.807) is 31.2 Å². The van der Waals surface area contributed by atoms with Crippen LogP contribution in [0.4, 0.5) is 4.79 Å². The van der Waals surface area contributed by atoms with Crippen LogP contribution in [0.5, 0.6) is 0 Å². The third-order valence-corrected chi connectivity index (χ3v) is 2.68. The second-order valence-electron chi connectivity index (χ2n) is 4.51. The van der Waals surface area contributed by atoms with Crippen molar-refractivity contribution in [2.75, 3.05) is 14.1 Å². The predicted molar refractivity (Wildman–Crippen MR) is 72.4 cm³/mol. The molecule has 100 valence electrons. The molecule has 0 atom stereocenters. The van der Waals surface area contributed by atoms with Gasteiger partial charge >= 0.3 is 6.03 Å². The first-order valence-electron chi connectivity index (χ1n) is 5.95. The number of nitrogens with zero attached hydrogens (tertiary/aromatic N) is 4. The summed E-state index contributed by atoms with van der Waals surface area (Å²) in [6, 6.07) is 3.76. The van der Waals surface area contributed by atoms with Gasteiger partial charge in [-0.15, -0.1) is 0 Å². The van der Waals surface area contributed by atoms with Crippen LogP contribution in [-0.2, 0) is 13.6 Å². The van der Waals surface area contributed by atoms with Gasteiger partial charge in [0.2, 0.25) is 0 Å². The zero-order valence-electron chi connectivity index (χ0n) is 11.3. The Labute approximate surface area is 112 Å². The van der Waals surface area contributed by atoms with Crippen molar-refractivity contribution in [3.8, 4) is 11.3 Å². The molecule has 0 aliphatic carbocycles. The van der Waals surface area contributed by atoms with Gasteiger partial charge < -0.3 is 10.2 Å². The SMILES string of the molecule is CN(C)C(=O)NCc1ccc(-c2cnn(C)c2)nc1. The molecule has 0 fully saturated rings. The molecule has 6 nitrogen and oxygen atoms in total. The molecule has 2 rings (SSSR count). The van der Waals surface area contributed by atoms with Crippen LogP contribution in [0.2, 0.25) is 0 Å². The lowest BCUT2D eigenvalue weighted by Gasteiger charge is -2.11. The van der Waals surface area contributed by atoms with E-state index in [0.717, 1.165) is 16.8 Å². The highest BCUT2D eigenvalue weighted by molar-refractivity contribution is 5.73. The van der Waals surface area contributed by atoms with Crippen LogP contribution in [0.3, 0.4) is 0 Å². The van der Waals surface area contributed by atoms with Gasteiger partial charge in [-0.25, -0.2) is 4.79 Å². The molecule has 1 N–H and O–H groups in total. The highest BCUT2D eigenvalue weighted by Gasteiger charge is 2.04. The van der Waals surface area contributed by atoms with Crippen molar-refractivity contribution in [3.05, 3.63) is 36.3 Å². The number of pyridine rings is 1. The summed E-state index contributed by atoms with van der Waals surface area (Å²) in [6.07, 6.45) is 5.45. The van der Waals surface area contributed by atoms with Crippen LogP contribution >= 0.6 is 0 Å². The van der Waals surface area contributed by atoms with E-state index in [-0.39, 0.29) is 6.03 Å². The minimum absolute atomic E-state index is 0.115. The highest BCUT2D eigenvalue weighted by atomic mass is 16.2. The number of urea groups is 1. The molecule has 0 aromatic carbocycles. The summed E-state index contributed by atoms with van der Waals surface area (Å²) in [5.74, 6) is 0. The molecule has 2 aromatic rings. The molecule has 2 amide bonds. The molecule has 0 bridgehead atoms. The molecule has 2 heterocycles. The number of carbonyl (C=O) groups excluding carboxylic acids is 1. The number of nitrogens with one attached hydrogen (secondary N) is 1. The van der Waals surface area contributed by atoms with Crippen molar-refractivity contribution in [3.63, 3.8) is 0 Å². The van der Waals surface area contributed by atoms with Gasteiger partial charge in [-0.1, -0.05) is 6.07 Å². The predicted octanol–water partition coefficient (Wildman–Crippen LogP) is 1.25. The minimum Gasteiger partial charge on any atom is -0.334 e. The molecule has 0 unspecified atom stereocenters. The second kappa shape index (κ2) is 5.51. The van der Waals surface area contributed by atoms with Crippen molar-refractivity contribution in [1.82, 2.24) is 25.0 Å². The Bertz CT molecular complexity index is 559. The average molecular weight is 259 g/mol. The number of aromatic nitrogens is 3. The van der Waals surface area contributed by atoms with Crippen molar-refractivity contribution in [2.45, 2.75) is 6.54 Å². The molecule has 0 saturated carbocycles. The van der Waals surface area contributed by atoms with Crippen LogP contribution in [0, 0.1) is 0 Å². The van der Waals surface area contributed by atoms with E-state index >= 15 is 0 Å². The van der Waals surface area contributed by atoms with Crippen LogP contribution < -0.4 is 5.32 Å². The number of hydrogen-bond donors (Lipinski definition) is 1. The van der Waals surface area contributed by atoms with Crippen LogP contribution in [-0.4, -0.2) is 39.8 Å². The molecular weight excluding hydrogens is 242 g/mol. The maximum Gasteiger partial charge on any atom is 0.317 e. The third-order valence-electron chi connectivity index (χ3n) is 2.68. The maximum absolute atomic E-state index is 11.4. The van der Waals surface area contributed by atoms with Crippen molar-refractivity contribution >= 4 is 6.03 Å². The highest BCUT2D eigenvalue weighted by Crippen LogP contribution is 2.15. The van der Waals surface area contributed by atoms with Crippen molar-refractivity contribution < 1.29 is 4.79 Å². The molecule has 0 aliphatic heterocycles. The van der Waals surface area contributed by atoms with E-state index in [2.05, 4.69) is 15.4 Å². The van der Waals surface area contributed by atoms with E-state index in [0.29, 0.717) is 6.54 Å². The van der Waals surface area contributed by atoms with Crippen LogP contribution in [0.1, 0.15) is 5.56 Å². The lowest BCUT2D eigenvalue weighted by atomic mass is 10.2. The van der Waals surface area contributed by atoms with Gasteiger partial charge in [0.05, 0.1) is 11.9 Å². The van der Waals surface area contributed by atoms with Gasteiger partial charge in [0.15, 0.2) is 0 Å². The Hall–Kier alpha value is -2.37. The first-order chi connectivity index (χ1) is 9.06. The lowest BCUT2D eigenvalue weighted by molar-refractivity contribution is 0.217. The first kappa shape index (κ1) is 13.1. The van der Waals surface area contributed by atoms with Crippen molar-refractivity contribution in [1.29, 1.82) is 0 Å². The zero-order chi connectivity index (χ0) is 13.8. The Morgan fingerprint density at radius 2 is 2.16 bits per heavy atom. The van der Waals surface area contributed by atoms with Gasteiger partial charge in [-0.2, -0.15) is 5.10 Å². The van der Waals surface area contributed by atoms with E-state index in [1.807, 2.05) is 25.4 Å². The largest absolute Gasteiger partial charge is 0.334 e. The molecule has 0 radical (unpaired) electrons. The molecule has 0 aliphatic rings. The Morgan fingerprint density at radius 3 is 2.68 bits per heavy atom. The third kappa shape index (κ3) is 3.31. The number of rotatable bonds is 3. The number of carbonyl (C=O) groups is 1. The zero-order valence-corrected chi connectivity index (χ0v) is 11.3. The molecular formula is C13H17N5O. The quantitative estimate of drug-likeness (QED) is 0.902. The van der Waals surface area contributed by atoms with Gasteiger partial charge in [-0.3, -0.25) is 9.67 Å². The van der Waals surface area contributed by atoms with Crippen LogP contribution in [0.15, 0.2) is 30.7 Å². The van der Waals surface area contributed by atoms with E-state index in [1.165, 1.54) is 4.90 Å². The maximum atomic E-state index is 11.4. The van der Waals surface area contributed by atoms with E-state index in [4.69, 9.17) is 0 Å². The minimum atomic E-state index is -0.115. The van der Waals surface area contributed by atoms with Gasteiger partial charge in [0.25, 0.3) is 0 Å². The standard InChI is InChI=1S/C13H17N5O/c1-17(2)13(19)15-7-10-4-5-12(14-6-10)11-8-16-18(3)9-11/h4-6,8-9H,7H2,1-3H3,(H,15,19). The topological polar surface area (TPSA) is 63.1 Å². The normalized spacial score (nSPS) is 10.3. The smallest absolute Gasteiger partial charge is 0.317 e. The summed E-state index contributed by atoms with van der Waals surface area (Å²) in [5, 5.41) is 6.90. The summed E-state index contributed by atoms with van der Waals surface area (Å²) < 4.78 is 1.74. The summed E-state index contributed by atoms with van der Waals surface area (Å²) in [5.41, 5.74) is 2.81. The van der Waals surface area contributed by atoms with E-state index in [9.17, 15) is 4.79 Å². The number of amides is 2. The van der Waals surface area contributed by atoms with Gasteiger partial charge in [0, 0.05) is 45.6 Å².